The summed E-state index contributed by atoms with van der Waals surface area (Å²) in [6, 6.07) is 12.5. The monoisotopic (exact) mass is 433 g/mol. The molecule has 0 saturated carbocycles. The Hall–Kier alpha value is -2.56. The van der Waals surface area contributed by atoms with E-state index < -0.39 is 0 Å². The van der Waals surface area contributed by atoms with Gasteiger partial charge in [-0.2, -0.15) is 0 Å². The first-order valence-corrected chi connectivity index (χ1v) is 11.5. The van der Waals surface area contributed by atoms with Crippen molar-refractivity contribution in [3.8, 4) is 0 Å². The average molecular weight is 434 g/mol. The van der Waals surface area contributed by atoms with Crippen LogP contribution in [0.5, 0.6) is 0 Å². The van der Waals surface area contributed by atoms with E-state index in [0.29, 0.717) is 5.92 Å². The van der Waals surface area contributed by atoms with Gasteiger partial charge in [0.25, 0.3) is 0 Å². The quantitative estimate of drug-likeness (QED) is 0.519. The van der Waals surface area contributed by atoms with Crippen LogP contribution in [-0.2, 0) is 11.2 Å². The lowest BCUT2D eigenvalue weighted by atomic mass is 9.95. The van der Waals surface area contributed by atoms with Crippen molar-refractivity contribution in [2.75, 3.05) is 25.0 Å². The van der Waals surface area contributed by atoms with Crippen LogP contribution in [0.25, 0.3) is 16.5 Å². The molecule has 1 atom stereocenters. The maximum Gasteiger partial charge on any atom is 0.221 e. The molecule has 0 radical (unpaired) electrons. The highest BCUT2D eigenvalue weighted by Gasteiger charge is 2.24. The Kier molecular flexibility index (Phi) is 5.59. The molecule has 1 unspecified atom stereocenters. The van der Waals surface area contributed by atoms with Crippen molar-refractivity contribution in [2.24, 2.45) is 0 Å². The highest BCUT2D eigenvalue weighted by atomic mass is 35.5. The lowest BCUT2D eigenvalue weighted by molar-refractivity contribution is -0.114. The van der Waals surface area contributed by atoms with Crippen LogP contribution >= 0.6 is 11.6 Å². The van der Waals surface area contributed by atoms with Gasteiger partial charge in [0.1, 0.15) is 0 Å². The van der Waals surface area contributed by atoms with Gasteiger partial charge in [0.05, 0.1) is 0 Å². The number of nitrogens with zero attached hydrogens (tertiary/aromatic N) is 1. The van der Waals surface area contributed by atoms with Gasteiger partial charge in [0.15, 0.2) is 0 Å². The predicted molar refractivity (Wildman–Crippen MR) is 129 cm³/mol. The second kappa shape index (κ2) is 8.52. The van der Waals surface area contributed by atoms with Crippen LogP contribution in [0.2, 0.25) is 5.02 Å². The summed E-state index contributed by atoms with van der Waals surface area (Å²) < 4.78 is 0. The van der Waals surface area contributed by atoms with E-state index in [1.54, 1.807) is 6.92 Å². The molecule has 2 aliphatic rings. The summed E-state index contributed by atoms with van der Waals surface area (Å²) in [6.45, 7) is 4.77. The zero-order valence-electron chi connectivity index (χ0n) is 17.9. The molecule has 0 fully saturated rings. The summed E-state index contributed by atoms with van der Waals surface area (Å²) in [6.07, 6.45) is 9.11. The first kappa shape index (κ1) is 20.3. The van der Waals surface area contributed by atoms with E-state index in [9.17, 15) is 4.79 Å². The Bertz CT molecular complexity index is 1160. The molecular formula is C26H28ClN3O. The van der Waals surface area contributed by atoms with Gasteiger partial charge in [-0.3, -0.25) is 9.69 Å². The number of carbonyl (C=O) groups is 1. The van der Waals surface area contributed by atoms with Crippen molar-refractivity contribution < 1.29 is 4.79 Å². The molecule has 31 heavy (non-hydrogen) atoms. The lowest BCUT2D eigenvalue weighted by Gasteiger charge is -2.27. The molecule has 4 nitrogen and oxygen atoms in total. The molecule has 5 heteroatoms. The fourth-order valence-corrected chi connectivity index (χ4v) is 5.30. The van der Waals surface area contributed by atoms with E-state index in [0.717, 1.165) is 48.7 Å². The number of nitrogens with one attached hydrogen (secondary N) is 2. The molecule has 1 aliphatic carbocycles. The van der Waals surface area contributed by atoms with Gasteiger partial charge in [-0.25, -0.2) is 0 Å². The third-order valence-electron chi connectivity index (χ3n) is 6.74. The summed E-state index contributed by atoms with van der Waals surface area (Å²) in [5.41, 5.74) is 7.63. The topological polar surface area (TPSA) is 48.1 Å². The highest BCUT2D eigenvalue weighted by Crippen LogP contribution is 2.37. The minimum Gasteiger partial charge on any atom is -0.361 e. The van der Waals surface area contributed by atoms with Crippen LogP contribution in [0.4, 0.5) is 5.69 Å². The number of H-pyrrole nitrogens is 1. The number of aromatic amines is 1. The molecule has 3 aromatic rings. The maximum absolute atomic E-state index is 11.4. The van der Waals surface area contributed by atoms with E-state index in [1.807, 2.05) is 18.2 Å². The smallest absolute Gasteiger partial charge is 0.221 e. The van der Waals surface area contributed by atoms with Gasteiger partial charge < -0.3 is 10.3 Å². The second-order valence-electron chi connectivity index (χ2n) is 8.79. The minimum atomic E-state index is -0.0105. The lowest BCUT2D eigenvalue weighted by Crippen LogP contribution is -2.30. The number of amides is 1. The number of benzene rings is 2. The normalized spacial score (nSPS) is 18.8. The van der Waals surface area contributed by atoms with Crippen LogP contribution in [0.1, 0.15) is 48.8 Å². The number of fused-ring (bicyclic) bond motifs is 2. The summed E-state index contributed by atoms with van der Waals surface area (Å²) in [7, 11) is 0. The number of hydrogen-bond acceptors (Lipinski definition) is 2. The van der Waals surface area contributed by atoms with Crippen molar-refractivity contribution >= 4 is 39.7 Å². The third-order valence-corrected chi connectivity index (χ3v) is 6.98. The fourth-order valence-electron chi connectivity index (χ4n) is 5.13. The van der Waals surface area contributed by atoms with E-state index in [4.69, 9.17) is 11.6 Å². The molecule has 1 amide bonds. The molecule has 2 aromatic carbocycles. The Balaban J connectivity index is 1.22. The molecule has 2 N–H and O–H groups in total. The number of halogens is 1. The van der Waals surface area contributed by atoms with Crippen molar-refractivity contribution in [1.29, 1.82) is 0 Å². The van der Waals surface area contributed by atoms with Crippen molar-refractivity contribution in [3.63, 3.8) is 0 Å². The molecule has 1 aromatic heterocycles. The Morgan fingerprint density at radius 1 is 1.23 bits per heavy atom. The van der Waals surface area contributed by atoms with E-state index in [1.165, 1.54) is 40.5 Å². The molecule has 0 saturated heterocycles. The predicted octanol–water partition coefficient (Wildman–Crippen LogP) is 5.99. The fraction of sp³-hybridized carbons (Fsp3) is 0.346. The number of carbonyl (C=O) groups excluding carboxylic acids is 1. The first-order chi connectivity index (χ1) is 15.1. The molecule has 1 aliphatic heterocycles. The summed E-state index contributed by atoms with van der Waals surface area (Å²) in [4.78, 5) is 17.3. The molecule has 0 bridgehead atoms. The SMILES string of the molecule is CC(=O)Nc1ccc2c(c1)C(CCN1CC=C(c3c[nH]c4cc(Cl)ccc34)CC1)CC2. The summed E-state index contributed by atoms with van der Waals surface area (Å²) >= 11 is 6.12. The Morgan fingerprint density at radius 3 is 2.94 bits per heavy atom. The van der Waals surface area contributed by atoms with E-state index in [-0.39, 0.29) is 5.91 Å². The maximum atomic E-state index is 11.4. The molecule has 0 spiro atoms. The molecule has 5 rings (SSSR count). The Labute approximate surface area is 188 Å². The van der Waals surface area contributed by atoms with Crippen molar-refractivity contribution in [3.05, 3.63) is 70.4 Å². The zero-order chi connectivity index (χ0) is 21.4. The standard InChI is InChI=1S/C26H28ClN3O/c1-17(31)29-22-6-4-18-2-3-19(24(18)15-22)8-11-30-12-9-20(10-13-30)25-16-28-26-14-21(27)5-7-23(25)26/h4-7,9,14-16,19,28H,2-3,8,10-13H2,1H3,(H,29,31). The van der Waals surface area contributed by atoms with Crippen LogP contribution in [0.15, 0.2) is 48.7 Å². The largest absolute Gasteiger partial charge is 0.361 e. The van der Waals surface area contributed by atoms with Gasteiger partial charge in [-0.05, 0) is 79.1 Å². The average Bonchev–Trinajstić information content (AvgIpc) is 3.35. The van der Waals surface area contributed by atoms with E-state index in [2.05, 4.69) is 45.7 Å². The van der Waals surface area contributed by atoms with Gasteiger partial charge in [0.2, 0.25) is 5.91 Å². The number of aromatic nitrogens is 1. The Morgan fingerprint density at radius 2 is 2.13 bits per heavy atom. The van der Waals surface area contributed by atoms with Gasteiger partial charge in [0, 0.05) is 53.4 Å². The third kappa shape index (κ3) is 4.28. The first-order valence-electron chi connectivity index (χ1n) is 11.2. The molecule has 160 valence electrons. The second-order valence-corrected chi connectivity index (χ2v) is 9.23. The minimum absolute atomic E-state index is 0.0105. The van der Waals surface area contributed by atoms with Crippen LogP contribution in [-0.4, -0.2) is 35.4 Å². The molecular weight excluding hydrogens is 406 g/mol. The van der Waals surface area contributed by atoms with Gasteiger partial charge >= 0.3 is 0 Å². The summed E-state index contributed by atoms with van der Waals surface area (Å²) in [5.74, 6) is 0.580. The van der Waals surface area contributed by atoms with Crippen LogP contribution < -0.4 is 5.32 Å². The number of anilines is 1. The van der Waals surface area contributed by atoms with E-state index >= 15 is 0 Å². The van der Waals surface area contributed by atoms with Gasteiger partial charge in [-0.1, -0.05) is 29.8 Å². The number of hydrogen-bond donors (Lipinski definition) is 2. The molecule has 2 heterocycles. The van der Waals surface area contributed by atoms with Crippen LogP contribution in [0.3, 0.4) is 0 Å². The zero-order valence-corrected chi connectivity index (χ0v) is 18.6. The summed E-state index contributed by atoms with van der Waals surface area (Å²) in [5, 5.41) is 4.95. The van der Waals surface area contributed by atoms with Gasteiger partial charge in [-0.15, -0.1) is 0 Å². The van der Waals surface area contributed by atoms with Crippen LogP contribution in [0, 0.1) is 0 Å². The number of rotatable bonds is 5. The number of aryl methyl sites for hydroxylation is 1. The van der Waals surface area contributed by atoms with Crippen molar-refractivity contribution in [2.45, 2.75) is 38.5 Å². The van der Waals surface area contributed by atoms with Crippen molar-refractivity contribution in [1.82, 2.24) is 9.88 Å². The highest BCUT2D eigenvalue weighted by molar-refractivity contribution is 6.31.